The van der Waals surface area contributed by atoms with Crippen molar-refractivity contribution in [3.8, 4) is 0 Å². The molecule has 1 aliphatic rings. The zero-order valence-electron chi connectivity index (χ0n) is 12.5. The first-order valence-electron chi connectivity index (χ1n) is 7.08. The number of nitrogens with two attached hydrogens (primary N) is 1. The lowest BCUT2D eigenvalue weighted by Gasteiger charge is -2.42. The molecule has 0 aromatic heterocycles. The molecule has 1 unspecified atom stereocenters. The van der Waals surface area contributed by atoms with E-state index < -0.39 is 0 Å². The first kappa shape index (κ1) is 18.7. The van der Waals surface area contributed by atoms with E-state index in [1.54, 1.807) is 0 Å². The zero-order valence-corrected chi connectivity index (χ0v) is 13.3. The van der Waals surface area contributed by atoms with Gasteiger partial charge < -0.3 is 15.4 Å². The molecular formula is C14H29ClN2O2. The standard InChI is InChI=1S/C14H28N2O2.ClH/c1-4-5-6-9-18-10-13(17)16-8-7-12(15)14(2,3)11-16;/h12H,4-11,15H2,1-3H3;1H. The van der Waals surface area contributed by atoms with E-state index in [0.717, 1.165) is 25.9 Å². The van der Waals surface area contributed by atoms with Gasteiger partial charge in [0.25, 0.3) is 0 Å². The predicted octanol–water partition coefficient (Wildman–Crippen LogP) is 2.20. The van der Waals surface area contributed by atoms with E-state index >= 15 is 0 Å². The van der Waals surface area contributed by atoms with E-state index in [9.17, 15) is 4.79 Å². The second kappa shape index (κ2) is 8.77. The molecule has 1 atom stereocenters. The van der Waals surface area contributed by atoms with Gasteiger partial charge in [-0.25, -0.2) is 0 Å². The molecule has 2 N–H and O–H groups in total. The van der Waals surface area contributed by atoms with E-state index in [-0.39, 0.29) is 36.4 Å². The van der Waals surface area contributed by atoms with Crippen LogP contribution in [0, 0.1) is 5.41 Å². The van der Waals surface area contributed by atoms with Crippen molar-refractivity contribution in [2.75, 3.05) is 26.3 Å². The van der Waals surface area contributed by atoms with Crippen LogP contribution in [0.25, 0.3) is 0 Å². The van der Waals surface area contributed by atoms with E-state index in [1.807, 2.05) is 4.90 Å². The van der Waals surface area contributed by atoms with Gasteiger partial charge in [0.05, 0.1) is 0 Å². The van der Waals surface area contributed by atoms with Crippen LogP contribution in [0.15, 0.2) is 0 Å². The zero-order chi connectivity index (χ0) is 13.6. The van der Waals surface area contributed by atoms with Gasteiger partial charge in [-0.1, -0.05) is 33.6 Å². The van der Waals surface area contributed by atoms with Gasteiger partial charge in [-0.15, -0.1) is 12.4 Å². The molecule has 0 aromatic rings. The first-order valence-corrected chi connectivity index (χ1v) is 7.08. The minimum absolute atomic E-state index is 0. The summed E-state index contributed by atoms with van der Waals surface area (Å²) in [6.45, 7) is 8.82. The maximum atomic E-state index is 12.0. The molecular weight excluding hydrogens is 264 g/mol. The third-order valence-electron chi connectivity index (χ3n) is 3.78. The van der Waals surface area contributed by atoms with Crippen molar-refractivity contribution in [3.05, 3.63) is 0 Å². The first-order chi connectivity index (χ1) is 8.47. The van der Waals surface area contributed by atoms with Crippen molar-refractivity contribution in [2.24, 2.45) is 11.1 Å². The highest BCUT2D eigenvalue weighted by atomic mass is 35.5. The van der Waals surface area contributed by atoms with Crippen LogP contribution in [0.5, 0.6) is 0 Å². The van der Waals surface area contributed by atoms with Gasteiger partial charge in [-0.3, -0.25) is 4.79 Å². The lowest BCUT2D eigenvalue weighted by atomic mass is 9.80. The molecule has 0 spiro atoms. The molecule has 1 fully saturated rings. The largest absolute Gasteiger partial charge is 0.372 e. The molecule has 1 heterocycles. The lowest BCUT2D eigenvalue weighted by molar-refractivity contribution is -0.139. The number of rotatable bonds is 6. The summed E-state index contributed by atoms with van der Waals surface area (Å²) < 4.78 is 5.42. The van der Waals surface area contributed by atoms with E-state index in [2.05, 4.69) is 20.8 Å². The summed E-state index contributed by atoms with van der Waals surface area (Å²) in [5, 5.41) is 0. The number of unbranched alkanes of at least 4 members (excludes halogenated alkanes) is 2. The summed E-state index contributed by atoms with van der Waals surface area (Å²) in [5.74, 6) is 0.103. The Kier molecular flexibility index (Phi) is 8.62. The number of amides is 1. The Bertz CT molecular complexity index is 272. The molecule has 0 radical (unpaired) electrons. The second-order valence-electron chi connectivity index (χ2n) is 5.96. The fourth-order valence-electron chi connectivity index (χ4n) is 2.29. The highest BCUT2D eigenvalue weighted by molar-refractivity contribution is 5.85. The summed E-state index contributed by atoms with van der Waals surface area (Å²) in [7, 11) is 0. The average molecular weight is 293 g/mol. The second-order valence-corrected chi connectivity index (χ2v) is 5.96. The normalized spacial score (nSPS) is 21.9. The summed E-state index contributed by atoms with van der Waals surface area (Å²) >= 11 is 0. The molecule has 1 amide bonds. The number of nitrogens with zero attached hydrogens (tertiary/aromatic N) is 1. The molecule has 114 valence electrons. The number of piperidine rings is 1. The molecule has 1 aliphatic heterocycles. The minimum Gasteiger partial charge on any atom is -0.372 e. The molecule has 1 rings (SSSR count). The van der Waals surface area contributed by atoms with Crippen molar-refractivity contribution in [1.82, 2.24) is 4.90 Å². The van der Waals surface area contributed by atoms with Crippen LogP contribution in [-0.2, 0) is 9.53 Å². The SMILES string of the molecule is CCCCCOCC(=O)N1CCC(N)C(C)(C)C1.Cl. The van der Waals surface area contributed by atoms with E-state index in [1.165, 1.54) is 12.8 Å². The van der Waals surface area contributed by atoms with Crippen molar-refractivity contribution < 1.29 is 9.53 Å². The number of hydrogen-bond donors (Lipinski definition) is 1. The van der Waals surface area contributed by atoms with Crippen molar-refractivity contribution in [3.63, 3.8) is 0 Å². The Morgan fingerprint density at radius 1 is 1.42 bits per heavy atom. The Labute approximate surface area is 123 Å². The van der Waals surface area contributed by atoms with Crippen molar-refractivity contribution in [1.29, 1.82) is 0 Å². The summed E-state index contributed by atoms with van der Waals surface area (Å²) in [4.78, 5) is 13.9. The molecule has 5 heteroatoms. The van der Waals surface area contributed by atoms with Gasteiger partial charge in [-0.2, -0.15) is 0 Å². The Hall–Kier alpha value is -0.320. The number of ether oxygens (including phenoxy) is 1. The molecule has 0 aliphatic carbocycles. The average Bonchev–Trinajstić information content (AvgIpc) is 2.32. The molecule has 0 bridgehead atoms. The summed E-state index contributed by atoms with van der Waals surface area (Å²) in [5.41, 5.74) is 6.07. The third kappa shape index (κ3) is 6.11. The smallest absolute Gasteiger partial charge is 0.248 e. The maximum Gasteiger partial charge on any atom is 0.248 e. The van der Waals surface area contributed by atoms with Gasteiger partial charge in [0, 0.05) is 25.7 Å². The Morgan fingerprint density at radius 2 is 2.11 bits per heavy atom. The molecule has 1 saturated heterocycles. The molecule has 0 saturated carbocycles. The monoisotopic (exact) mass is 292 g/mol. The van der Waals surface area contributed by atoms with Crippen LogP contribution in [-0.4, -0.2) is 43.2 Å². The lowest BCUT2D eigenvalue weighted by Crippen LogP contribution is -2.54. The molecule has 19 heavy (non-hydrogen) atoms. The molecule has 4 nitrogen and oxygen atoms in total. The predicted molar refractivity (Wildman–Crippen MR) is 80.5 cm³/mol. The summed E-state index contributed by atoms with van der Waals surface area (Å²) in [6.07, 6.45) is 4.27. The van der Waals surface area contributed by atoms with Gasteiger partial charge in [-0.05, 0) is 18.3 Å². The highest BCUT2D eigenvalue weighted by Crippen LogP contribution is 2.27. The van der Waals surface area contributed by atoms with Crippen molar-refractivity contribution >= 4 is 18.3 Å². The fraction of sp³-hybridized carbons (Fsp3) is 0.929. The van der Waals surface area contributed by atoms with Gasteiger partial charge in [0.1, 0.15) is 6.61 Å². The number of halogens is 1. The fourth-order valence-corrected chi connectivity index (χ4v) is 2.29. The topological polar surface area (TPSA) is 55.6 Å². The van der Waals surface area contributed by atoms with Crippen molar-refractivity contribution in [2.45, 2.75) is 52.5 Å². The highest BCUT2D eigenvalue weighted by Gasteiger charge is 2.35. The van der Waals surface area contributed by atoms with Gasteiger partial charge in [0.2, 0.25) is 5.91 Å². The van der Waals surface area contributed by atoms with E-state index in [4.69, 9.17) is 10.5 Å². The van der Waals surface area contributed by atoms with Gasteiger partial charge >= 0.3 is 0 Å². The maximum absolute atomic E-state index is 12.0. The summed E-state index contributed by atoms with van der Waals surface area (Å²) in [6, 6.07) is 0.187. The van der Waals surface area contributed by atoms with Crippen LogP contribution in [0.1, 0.15) is 46.5 Å². The Morgan fingerprint density at radius 3 is 2.68 bits per heavy atom. The molecule has 0 aromatic carbocycles. The van der Waals surface area contributed by atoms with Crippen LogP contribution >= 0.6 is 12.4 Å². The van der Waals surface area contributed by atoms with Crippen LogP contribution in [0.3, 0.4) is 0 Å². The number of carbonyl (C=O) groups is 1. The number of hydrogen-bond acceptors (Lipinski definition) is 3. The van der Waals surface area contributed by atoms with Gasteiger partial charge in [0.15, 0.2) is 0 Å². The number of likely N-dealkylation sites (tertiary alicyclic amines) is 1. The minimum atomic E-state index is 0. The Balaban J connectivity index is 0.00000324. The number of carbonyl (C=O) groups excluding carboxylic acids is 1. The van der Waals surface area contributed by atoms with E-state index in [0.29, 0.717) is 6.61 Å². The van der Waals surface area contributed by atoms with Crippen LogP contribution in [0.2, 0.25) is 0 Å². The van der Waals surface area contributed by atoms with Crippen LogP contribution in [0.4, 0.5) is 0 Å². The third-order valence-corrected chi connectivity index (χ3v) is 3.78. The van der Waals surface area contributed by atoms with Crippen LogP contribution < -0.4 is 5.73 Å². The quantitative estimate of drug-likeness (QED) is 0.764.